The molecule has 7 nitrogen and oxygen atoms in total. The minimum Gasteiger partial charge on any atom is -0.396 e. The van der Waals surface area contributed by atoms with Gasteiger partial charge in [-0.2, -0.15) is 4.98 Å². The number of ether oxygens (including phenoxy) is 2. The fraction of sp³-hybridized carbons (Fsp3) is 0.241. The van der Waals surface area contributed by atoms with Crippen molar-refractivity contribution < 1.29 is 14.6 Å². The van der Waals surface area contributed by atoms with Gasteiger partial charge < -0.3 is 20.3 Å². The van der Waals surface area contributed by atoms with Crippen molar-refractivity contribution in [2.24, 2.45) is 5.92 Å². The van der Waals surface area contributed by atoms with Crippen molar-refractivity contribution in [2.45, 2.75) is 24.4 Å². The predicted molar refractivity (Wildman–Crippen MR) is 137 cm³/mol. The predicted octanol–water partition coefficient (Wildman–Crippen LogP) is 3.73. The Kier molecular flexibility index (Phi) is 6.95. The van der Waals surface area contributed by atoms with Crippen molar-refractivity contribution in [3.05, 3.63) is 130 Å². The second-order valence-corrected chi connectivity index (χ2v) is 8.94. The van der Waals surface area contributed by atoms with Gasteiger partial charge in [0.25, 0.3) is 0 Å². The van der Waals surface area contributed by atoms with Crippen LogP contribution in [-0.4, -0.2) is 34.0 Å². The van der Waals surface area contributed by atoms with Crippen molar-refractivity contribution in [3.8, 4) is 0 Å². The number of nitrogens with two attached hydrogens (primary N) is 1. The SMILES string of the molecule is Nc1ccn([C@H]2C[C@H](CO)[C@@H](COC(c3ccccc3)(c3ccccc3)c3ccccc3)O2)c(=O)n1. The van der Waals surface area contributed by atoms with Crippen LogP contribution in [0.1, 0.15) is 29.3 Å². The molecule has 3 N–H and O–H groups in total. The first kappa shape index (κ1) is 23.9. The summed E-state index contributed by atoms with van der Waals surface area (Å²) in [6.45, 7) is 0.119. The highest BCUT2D eigenvalue weighted by Crippen LogP contribution is 2.42. The first-order valence-electron chi connectivity index (χ1n) is 12.0. The summed E-state index contributed by atoms with van der Waals surface area (Å²) >= 11 is 0. The highest BCUT2D eigenvalue weighted by atomic mass is 16.6. The van der Waals surface area contributed by atoms with Gasteiger partial charge in [-0.15, -0.1) is 0 Å². The molecule has 36 heavy (non-hydrogen) atoms. The first-order chi connectivity index (χ1) is 17.6. The maximum atomic E-state index is 12.4. The molecule has 5 rings (SSSR count). The molecule has 0 radical (unpaired) electrons. The van der Waals surface area contributed by atoms with Crippen LogP contribution in [-0.2, 0) is 15.1 Å². The second kappa shape index (κ2) is 10.5. The fourth-order valence-corrected chi connectivity index (χ4v) is 4.95. The zero-order valence-electron chi connectivity index (χ0n) is 19.8. The third-order valence-corrected chi connectivity index (χ3v) is 6.76. The Balaban J connectivity index is 1.51. The Labute approximate surface area is 209 Å². The van der Waals surface area contributed by atoms with Gasteiger partial charge in [-0.25, -0.2) is 4.79 Å². The Morgan fingerprint density at radius 2 is 1.44 bits per heavy atom. The molecule has 0 saturated carbocycles. The van der Waals surface area contributed by atoms with E-state index in [1.807, 2.05) is 54.6 Å². The van der Waals surface area contributed by atoms with E-state index in [4.69, 9.17) is 15.2 Å². The summed E-state index contributed by atoms with van der Waals surface area (Å²) in [6, 6.07) is 31.8. The van der Waals surface area contributed by atoms with Gasteiger partial charge in [0, 0.05) is 25.1 Å². The van der Waals surface area contributed by atoms with E-state index >= 15 is 0 Å². The van der Waals surface area contributed by atoms with Gasteiger partial charge in [0.15, 0.2) is 0 Å². The summed E-state index contributed by atoms with van der Waals surface area (Å²) in [6.07, 6.45) is 1.05. The van der Waals surface area contributed by atoms with E-state index in [9.17, 15) is 9.90 Å². The number of rotatable bonds is 8. The number of nitrogen functional groups attached to an aromatic ring is 1. The van der Waals surface area contributed by atoms with Gasteiger partial charge in [0.05, 0.1) is 12.7 Å². The Morgan fingerprint density at radius 1 is 0.917 bits per heavy atom. The average Bonchev–Trinajstić information content (AvgIpc) is 3.34. The maximum Gasteiger partial charge on any atom is 0.351 e. The molecule has 1 saturated heterocycles. The van der Waals surface area contributed by atoms with Crippen LogP contribution >= 0.6 is 0 Å². The van der Waals surface area contributed by atoms with Crippen LogP contribution in [0.3, 0.4) is 0 Å². The molecule has 0 aliphatic carbocycles. The zero-order chi connectivity index (χ0) is 25.0. The largest absolute Gasteiger partial charge is 0.396 e. The molecule has 0 unspecified atom stereocenters. The molecular weight excluding hydrogens is 454 g/mol. The molecule has 184 valence electrons. The van der Waals surface area contributed by atoms with E-state index < -0.39 is 23.6 Å². The first-order valence-corrected chi connectivity index (χ1v) is 12.0. The van der Waals surface area contributed by atoms with Gasteiger partial charge in [-0.3, -0.25) is 4.57 Å². The Hall–Kier alpha value is -3.78. The highest BCUT2D eigenvalue weighted by molar-refractivity contribution is 5.47. The van der Waals surface area contributed by atoms with Crippen molar-refractivity contribution in [1.29, 1.82) is 0 Å². The molecule has 1 aliphatic heterocycles. The molecule has 0 spiro atoms. The lowest BCUT2D eigenvalue weighted by atomic mass is 9.80. The second-order valence-electron chi connectivity index (χ2n) is 8.94. The minimum atomic E-state index is -0.898. The van der Waals surface area contributed by atoms with E-state index in [2.05, 4.69) is 41.4 Å². The van der Waals surface area contributed by atoms with Crippen LogP contribution in [0.15, 0.2) is 108 Å². The van der Waals surface area contributed by atoms with Crippen LogP contribution in [0.25, 0.3) is 0 Å². The topological polar surface area (TPSA) is 99.6 Å². The lowest BCUT2D eigenvalue weighted by Gasteiger charge is -2.37. The zero-order valence-corrected chi connectivity index (χ0v) is 19.8. The monoisotopic (exact) mass is 483 g/mol. The van der Waals surface area contributed by atoms with Crippen LogP contribution in [0.2, 0.25) is 0 Å². The molecule has 0 bridgehead atoms. The number of hydrogen-bond donors (Lipinski definition) is 2. The van der Waals surface area contributed by atoms with Crippen LogP contribution in [0.4, 0.5) is 5.82 Å². The fourth-order valence-electron chi connectivity index (χ4n) is 4.95. The Bertz CT molecular complexity index is 1230. The molecule has 1 aromatic heterocycles. The molecular formula is C29H29N3O4. The normalized spacial score (nSPS) is 19.9. The van der Waals surface area contributed by atoms with E-state index in [1.54, 1.807) is 12.3 Å². The van der Waals surface area contributed by atoms with E-state index in [0.717, 1.165) is 16.7 Å². The standard InChI is InChI=1S/C29H29N3O4/c30-26-16-17-32(28(34)31-26)27-18-21(19-33)25(36-27)20-35-29(22-10-4-1-5-11-22,23-12-6-2-7-13-23)24-14-8-3-9-15-24/h1-17,21,25,27,33H,18-20H2,(H2,30,31,34)/t21-,25-,27-/m1/s1. The smallest absolute Gasteiger partial charge is 0.351 e. The van der Waals surface area contributed by atoms with E-state index in [-0.39, 0.29) is 24.9 Å². The van der Waals surface area contributed by atoms with Crippen molar-refractivity contribution in [3.63, 3.8) is 0 Å². The van der Waals surface area contributed by atoms with Crippen molar-refractivity contribution >= 4 is 5.82 Å². The molecule has 1 fully saturated rings. The number of hydrogen-bond acceptors (Lipinski definition) is 6. The van der Waals surface area contributed by atoms with E-state index in [1.165, 1.54) is 4.57 Å². The van der Waals surface area contributed by atoms with Gasteiger partial charge in [0.2, 0.25) is 0 Å². The molecule has 3 atom stereocenters. The number of aliphatic hydroxyl groups excluding tert-OH is 1. The number of anilines is 1. The third-order valence-electron chi connectivity index (χ3n) is 6.76. The molecule has 1 aliphatic rings. The van der Waals surface area contributed by atoms with Crippen LogP contribution in [0.5, 0.6) is 0 Å². The average molecular weight is 484 g/mol. The number of benzene rings is 3. The maximum absolute atomic E-state index is 12.4. The lowest BCUT2D eigenvalue weighted by Crippen LogP contribution is -2.37. The number of aliphatic hydroxyl groups is 1. The summed E-state index contributed by atoms with van der Waals surface area (Å²) in [7, 11) is 0. The van der Waals surface area contributed by atoms with Gasteiger partial charge in [-0.05, 0) is 22.8 Å². The van der Waals surface area contributed by atoms with E-state index in [0.29, 0.717) is 6.42 Å². The summed E-state index contributed by atoms with van der Waals surface area (Å²) in [5, 5.41) is 10.1. The van der Waals surface area contributed by atoms with Gasteiger partial charge in [-0.1, -0.05) is 91.0 Å². The molecule has 7 heteroatoms. The number of aromatic nitrogens is 2. The van der Waals surface area contributed by atoms with Gasteiger partial charge in [0.1, 0.15) is 17.6 Å². The molecule has 0 amide bonds. The minimum absolute atomic E-state index is 0.0866. The molecule has 4 aromatic rings. The van der Waals surface area contributed by atoms with Crippen LogP contribution in [0, 0.1) is 5.92 Å². The summed E-state index contributed by atoms with van der Waals surface area (Å²) < 4.78 is 14.6. The molecule has 3 aromatic carbocycles. The Morgan fingerprint density at radius 3 is 1.92 bits per heavy atom. The van der Waals surface area contributed by atoms with Crippen LogP contribution < -0.4 is 11.4 Å². The van der Waals surface area contributed by atoms with Gasteiger partial charge >= 0.3 is 5.69 Å². The third kappa shape index (κ3) is 4.56. The quantitative estimate of drug-likeness (QED) is 0.371. The highest BCUT2D eigenvalue weighted by Gasteiger charge is 2.42. The number of nitrogens with zero attached hydrogens (tertiary/aromatic N) is 2. The van der Waals surface area contributed by atoms with Crippen molar-refractivity contribution in [2.75, 3.05) is 18.9 Å². The summed E-state index contributed by atoms with van der Waals surface area (Å²) in [4.78, 5) is 16.2. The van der Waals surface area contributed by atoms with Crippen molar-refractivity contribution in [1.82, 2.24) is 9.55 Å². The summed E-state index contributed by atoms with van der Waals surface area (Å²) in [5.74, 6) is -0.0503. The summed E-state index contributed by atoms with van der Waals surface area (Å²) in [5.41, 5.74) is 7.21. The molecule has 2 heterocycles. The lowest BCUT2D eigenvalue weighted by molar-refractivity contribution is -0.0876.